The summed E-state index contributed by atoms with van der Waals surface area (Å²) in [4.78, 5) is 20.8. The largest absolute Gasteiger partial charge is 0.506 e. The number of fused-ring (bicyclic) bond motifs is 1. The van der Waals surface area contributed by atoms with Crippen LogP contribution in [-0.4, -0.2) is 78.7 Å². The Balaban J connectivity index is 1.17. The van der Waals surface area contributed by atoms with Crippen LogP contribution in [0.5, 0.6) is 11.6 Å². The number of aromatic nitrogens is 3. The highest BCUT2D eigenvalue weighted by Crippen LogP contribution is 2.25. The van der Waals surface area contributed by atoms with Crippen molar-refractivity contribution in [3.05, 3.63) is 71.6 Å². The number of benzene rings is 2. The van der Waals surface area contributed by atoms with Gasteiger partial charge in [-0.2, -0.15) is 0 Å². The molecule has 1 N–H and O–H groups in total. The standard InChI is InChI=1S/C24H23N5O7S/c30-20-8-4-5-17-9-10-19(25-21(17)20)23(31)28-13-11-27(12-14-28)15-16-35-22-24(29(32)36-26-22)37(33,34)18-6-2-1-3-7-18/h1-10,30H,11-16H2. The minimum absolute atomic E-state index is 0.0197. The molecule has 0 aliphatic carbocycles. The molecule has 1 saturated heterocycles. The number of carbonyl (C=O) groups excluding carboxylic acids is 1. The fourth-order valence-corrected chi connectivity index (χ4v) is 5.39. The zero-order valence-corrected chi connectivity index (χ0v) is 20.4. The summed E-state index contributed by atoms with van der Waals surface area (Å²) in [5, 5.41) is 25.5. The normalized spacial score (nSPS) is 14.6. The summed E-state index contributed by atoms with van der Waals surface area (Å²) in [6.45, 7) is 2.51. The number of para-hydroxylation sites is 1. The number of phenolic OH excluding ortho intramolecular Hbond substituents is 1. The van der Waals surface area contributed by atoms with E-state index in [2.05, 4.69) is 14.8 Å². The van der Waals surface area contributed by atoms with Crippen molar-refractivity contribution in [2.75, 3.05) is 39.3 Å². The summed E-state index contributed by atoms with van der Waals surface area (Å²) in [6.07, 6.45) is 0. The average molecular weight is 526 g/mol. The molecule has 192 valence electrons. The number of hydrogen-bond acceptors (Lipinski definition) is 10. The van der Waals surface area contributed by atoms with Crippen molar-refractivity contribution in [3.63, 3.8) is 0 Å². The Morgan fingerprint density at radius 3 is 2.57 bits per heavy atom. The van der Waals surface area contributed by atoms with Crippen LogP contribution in [0.3, 0.4) is 0 Å². The number of rotatable bonds is 7. The van der Waals surface area contributed by atoms with Gasteiger partial charge in [0.25, 0.3) is 15.7 Å². The van der Waals surface area contributed by atoms with Gasteiger partial charge in [0.2, 0.25) is 0 Å². The number of ether oxygens (including phenoxy) is 1. The first kappa shape index (κ1) is 24.5. The zero-order valence-electron chi connectivity index (χ0n) is 19.6. The van der Waals surface area contributed by atoms with E-state index in [4.69, 9.17) is 4.74 Å². The Bertz CT molecular complexity index is 1530. The lowest BCUT2D eigenvalue weighted by atomic mass is 10.1. The van der Waals surface area contributed by atoms with Gasteiger partial charge in [-0.3, -0.25) is 14.3 Å². The second-order valence-electron chi connectivity index (χ2n) is 8.38. The van der Waals surface area contributed by atoms with Crippen LogP contribution in [0.25, 0.3) is 10.9 Å². The highest BCUT2D eigenvalue weighted by Gasteiger charge is 2.36. The summed E-state index contributed by atoms with van der Waals surface area (Å²) < 4.78 is 35.7. The first-order chi connectivity index (χ1) is 17.8. The molecule has 0 unspecified atom stereocenters. The zero-order chi connectivity index (χ0) is 26.0. The van der Waals surface area contributed by atoms with Gasteiger partial charge in [0.05, 0.1) is 10.1 Å². The summed E-state index contributed by atoms with van der Waals surface area (Å²) in [5.74, 6) is -0.607. The van der Waals surface area contributed by atoms with Gasteiger partial charge in [0.15, 0.2) is 0 Å². The Morgan fingerprint density at radius 1 is 1.05 bits per heavy atom. The van der Waals surface area contributed by atoms with Gasteiger partial charge in [0, 0.05) is 38.1 Å². The Hall–Kier alpha value is -4.23. The molecule has 5 rings (SSSR count). The van der Waals surface area contributed by atoms with Crippen LogP contribution < -0.4 is 9.64 Å². The van der Waals surface area contributed by atoms with Gasteiger partial charge in [0.1, 0.15) is 23.6 Å². The van der Waals surface area contributed by atoms with Gasteiger partial charge in [-0.1, -0.05) is 36.4 Å². The average Bonchev–Trinajstić information content (AvgIpc) is 3.30. The first-order valence-corrected chi connectivity index (χ1v) is 13.0. The molecule has 12 nitrogen and oxygen atoms in total. The highest BCUT2D eigenvalue weighted by molar-refractivity contribution is 7.91. The van der Waals surface area contributed by atoms with E-state index in [0.717, 1.165) is 5.39 Å². The number of piperazine rings is 1. The first-order valence-electron chi connectivity index (χ1n) is 11.5. The molecule has 13 heteroatoms. The third kappa shape index (κ3) is 4.90. The number of amides is 1. The smallest absolute Gasteiger partial charge is 0.415 e. The summed E-state index contributed by atoms with van der Waals surface area (Å²) >= 11 is 0. The summed E-state index contributed by atoms with van der Waals surface area (Å²) in [5.41, 5.74) is 0.639. The van der Waals surface area contributed by atoms with Gasteiger partial charge in [-0.25, -0.2) is 13.4 Å². The molecule has 2 aromatic carbocycles. The third-order valence-electron chi connectivity index (χ3n) is 6.08. The number of aromatic hydroxyl groups is 1. The Kier molecular flexibility index (Phi) is 6.63. The van der Waals surface area contributed by atoms with Crippen LogP contribution in [0.15, 0.2) is 75.2 Å². The van der Waals surface area contributed by atoms with E-state index in [1.807, 2.05) is 11.0 Å². The van der Waals surface area contributed by atoms with Crippen LogP contribution in [0.2, 0.25) is 0 Å². The van der Waals surface area contributed by atoms with Crippen LogP contribution in [0.4, 0.5) is 0 Å². The summed E-state index contributed by atoms with van der Waals surface area (Å²) in [6, 6.07) is 15.9. The molecular weight excluding hydrogens is 502 g/mol. The Labute approximate surface area is 211 Å². The van der Waals surface area contributed by atoms with Crippen LogP contribution in [0, 0.1) is 5.21 Å². The van der Waals surface area contributed by atoms with Gasteiger partial charge >= 0.3 is 10.9 Å². The predicted molar refractivity (Wildman–Crippen MR) is 129 cm³/mol. The molecule has 4 aromatic rings. The second-order valence-corrected chi connectivity index (χ2v) is 10.2. The van der Waals surface area contributed by atoms with Crippen molar-refractivity contribution >= 4 is 26.6 Å². The van der Waals surface area contributed by atoms with Crippen molar-refractivity contribution in [1.82, 2.24) is 19.9 Å². The molecule has 37 heavy (non-hydrogen) atoms. The predicted octanol–water partition coefficient (Wildman–Crippen LogP) is 1.23. The van der Waals surface area contributed by atoms with E-state index in [-0.39, 0.29) is 33.8 Å². The van der Waals surface area contributed by atoms with Gasteiger partial charge in [-0.05, 0) is 29.2 Å². The SMILES string of the molecule is O=C(c1ccc2cccc(O)c2n1)N1CCN(CCOc2no[n+]([O-])c2S(=O)(=O)c2ccccc2)CC1. The van der Waals surface area contributed by atoms with E-state index >= 15 is 0 Å². The maximum Gasteiger partial charge on any atom is 0.415 e. The van der Waals surface area contributed by atoms with Crippen molar-refractivity contribution in [1.29, 1.82) is 0 Å². The van der Waals surface area contributed by atoms with Crippen LogP contribution >= 0.6 is 0 Å². The molecule has 3 heterocycles. The van der Waals surface area contributed by atoms with Crippen molar-refractivity contribution in [2.24, 2.45) is 0 Å². The van der Waals surface area contributed by atoms with Gasteiger partial charge < -0.3 is 20.0 Å². The fraction of sp³-hybridized carbons (Fsp3) is 0.250. The van der Waals surface area contributed by atoms with Crippen LogP contribution in [0.1, 0.15) is 10.5 Å². The number of carbonyl (C=O) groups is 1. The molecule has 1 aliphatic heterocycles. The Morgan fingerprint density at radius 2 is 1.81 bits per heavy atom. The third-order valence-corrected chi connectivity index (χ3v) is 7.80. The molecule has 0 bridgehead atoms. The summed E-state index contributed by atoms with van der Waals surface area (Å²) in [7, 11) is -4.18. The lowest BCUT2D eigenvalue weighted by molar-refractivity contribution is -0.832. The number of sulfone groups is 1. The quantitative estimate of drug-likeness (QED) is 0.349. The van der Waals surface area contributed by atoms with E-state index in [9.17, 15) is 23.5 Å². The van der Waals surface area contributed by atoms with E-state index in [0.29, 0.717) is 38.2 Å². The lowest BCUT2D eigenvalue weighted by Gasteiger charge is -2.34. The van der Waals surface area contributed by atoms with Gasteiger partial charge in [-0.15, -0.1) is 0 Å². The molecule has 0 radical (unpaired) electrons. The number of phenols is 1. The fourth-order valence-electron chi connectivity index (χ4n) is 4.10. The van der Waals surface area contributed by atoms with Crippen molar-refractivity contribution in [3.8, 4) is 11.6 Å². The molecule has 0 atom stereocenters. The second kappa shape index (κ2) is 10.0. The minimum Gasteiger partial charge on any atom is -0.506 e. The van der Waals surface area contributed by atoms with E-state index in [1.165, 1.54) is 18.2 Å². The lowest BCUT2D eigenvalue weighted by Crippen LogP contribution is -2.49. The van der Waals surface area contributed by atoms with Crippen LogP contribution in [-0.2, 0) is 9.84 Å². The number of hydrogen-bond donors (Lipinski definition) is 1. The minimum atomic E-state index is -4.18. The maximum absolute atomic E-state index is 12.9. The number of pyridine rings is 1. The highest BCUT2D eigenvalue weighted by atomic mass is 32.2. The molecule has 1 aliphatic rings. The molecule has 1 amide bonds. The maximum atomic E-state index is 12.9. The van der Waals surface area contributed by atoms with Crippen molar-refractivity contribution < 1.29 is 32.6 Å². The molecule has 0 spiro atoms. The molecular formula is C24H23N5O7S. The number of nitrogens with zero attached hydrogens (tertiary/aromatic N) is 5. The van der Waals surface area contributed by atoms with E-state index in [1.54, 1.807) is 41.3 Å². The molecule has 0 saturated carbocycles. The van der Waals surface area contributed by atoms with E-state index < -0.39 is 20.7 Å². The van der Waals surface area contributed by atoms with Crippen molar-refractivity contribution in [2.45, 2.75) is 9.92 Å². The monoisotopic (exact) mass is 525 g/mol. The topological polar surface area (TPSA) is 153 Å². The molecule has 2 aromatic heterocycles. The molecule has 1 fully saturated rings.